The molecule has 0 saturated carbocycles. The molecule has 0 spiro atoms. The van der Waals surface area contributed by atoms with Gasteiger partial charge in [-0.25, -0.2) is 4.98 Å². The van der Waals surface area contributed by atoms with Crippen LogP contribution in [0.2, 0.25) is 5.02 Å². The fourth-order valence-electron chi connectivity index (χ4n) is 1.42. The number of halogens is 2. The maximum absolute atomic E-state index is 10.5. The van der Waals surface area contributed by atoms with Crippen LogP contribution in [-0.4, -0.2) is 16.1 Å². The second kappa shape index (κ2) is 5.82. The highest BCUT2D eigenvalue weighted by atomic mass is 79.9. The lowest BCUT2D eigenvalue weighted by Crippen LogP contribution is -1.97. The van der Waals surface area contributed by atoms with Gasteiger partial charge in [-0.05, 0) is 28.1 Å². The van der Waals surface area contributed by atoms with Crippen LogP contribution >= 0.6 is 38.9 Å². The van der Waals surface area contributed by atoms with Gasteiger partial charge in [-0.2, -0.15) is 0 Å². The lowest BCUT2D eigenvalue weighted by atomic mass is 10.2. The van der Waals surface area contributed by atoms with E-state index in [9.17, 15) is 4.79 Å². The summed E-state index contributed by atoms with van der Waals surface area (Å²) in [5.74, 6) is -0.809. The van der Waals surface area contributed by atoms with E-state index in [0.29, 0.717) is 11.4 Å². The highest BCUT2D eigenvalue weighted by Gasteiger charge is 2.08. The maximum Gasteiger partial charge on any atom is 0.303 e. The van der Waals surface area contributed by atoms with E-state index < -0.39 is 5.97 Å². The van der Waals surface area contributed by atoms with E-state index in [2.05, 4.69) is 20.9 Å². The van der Waals surface area contributed by atoms with Gasteiger partial charge in [0.05, 0.1) is 17.1 Å². The van der Waals surface area contributed by atoms with Crippen molar-refractivity contribution in [3.8, 4) is 10.6 Å². The Morgan fingerprint density at radius 3 is 2.94 bits per heavy atom. The standard InChI is InChI=1S/C12H9BrClNO2S/c13-9-3-1-7(5-10(9)14)12-15-8(6-18-12)2-4-11(16)17/h1,3,5-6H,2,4H2,(H,16,17). The molecular formula is C12H9BrClNO2S. The Bertz CT molecular complexity index is 585. The lowest BCUT2D eigenvalue weighted by Gasteiger charge is -1.99. The van der Waals surface area contributed by atoms with Crippen molar-refractivity contribution in [2.75, 3.05) is 0 Å². The number of thiazole rings is 1. The summed E-state index contributed by atoms with van der Waals surface area (Å²) in [5, 5.41) is 12.0. The minimum Gasteiger partial charge on any atom is -0.481 e. The molecule has 0 aliphatic carbocycles. The summed E-state index contributed by atoms with van der Waals surface area (Å²) in [6.07, 6.45) is 0.556. The number of aryl methyl sites for hydroxylation is 1. The third-order valence-corrected chi connectivity index (χ3v) is 4.49. The zero-order chi connectivity index (χ0) is 13.1. The van der Waals surface area contributed by atoms with Gasteiger partial charge in [-0.15, -0.1) is 11.3 Å². The molecule has 0 unspecified atom stereocenters. The van der Waals surface area contributed by atoms with E-state index in [1.807, 2.05) is 23.6 Å². The van der Waals surface area contributed by atoms with E-state index in [1.165, 1.54) is 11.3 Å². The Kier molecular flexibility index (Phi) is 4.37. The molecule has 2 aromatic rings. The first-order chi connectivity index (χ1) is 8.56. The normalized spacial score (nSPS) is 10.6. The van der Waals surface area contributed by atoms with Gasteiger partial charge >= 0.3 is 5.97 Å². The first-order valence-corrected chi connectivity index (χ1v) is 7.23. The molecule has 3 nitrogen and oxygen atoms in total. The van der Waals surface area contributed by atoms with E-state index in [4.69, 9.17) is 16.7 Å². The van der Waals surface area contributed by atoms with Crippen LogP contribution in [0.4, 0.5) is 0 Å². The number of nitrogens with zero attached hydrogens (tertiary/aromatic N) is 1. The Labute approximate surface area is 122 Å². The van der Waals surface area contributed by atoms with Crippen molar-refractivity contribution >= 4 is 44.8 Å². The molecule has 0 fully saturated rings. The molecule has 0 aliphatic heterocycles. The molecule has 0 amide bonds. The van der Waals surface area contributed by atoms with Gasteiger partial charge in [0, 0.05) is 21.8 Å². The SMILES string of the molecule is O=C(O)CCc1csc(-c2ccc(Br)c(Cl)c2)n1. The Hall–Kier alpha value is -0.910. The van der Waals surface area contributed by atoms with Gasteiger partial charge in [0.15, 0.2) is 0 Å². The lowest BCUT2D eigenvalue weighted by molar-refractivity contribution is -0.136. The molecule has 0 bridgehead atoms. The van der Waals surface area contributed by atoms with Crippen molar-refractivity contribution in [2.24, 2.45) is 0 Å². The summed E-state index contributed by atoms with van der Waals surface area (Å²) in [7, 11) is 0. The molecule has 2 rings (SSSR count). The zero-order valence-corrected chi connectivity index (χ0v) is 12.3. The number of rotatable bonds is 4. The maximum atomic E-state index is 10.5. The monoisotopic (exact) mass is 345 g/mol. The topological polar surface area (TPSA) is 50.2 Å². The highest BCUT2D eigenvalue weighted by Crippen LogP contribution is 2.30. The van der Waals surface area contributed by atoms with E-state index in [-0.39, 0.29) is 6.42 Å². The van der Waals surface area contributed by atoms with Crippen molar-refractivity contribution in [2.45, 2.75) is 12.8 Å². The van der Waals surface area contributed by atoms with Crippen LogP contribution < -0.4 is 0 Å². The number of carboxylic acid groups (broad SMARTS) is 1. The number of aromatic nitrogens is 1. The Morgan fingerprint density at radius 2 is 2.28 bits per heavy atom. The highest BCUT2D eigenvalue weighted by molar-refractivity contribution is 9.10. The quantitative estimate of drug-likeness (QED) is 0.900. The molecule has 1 aromatic carbocycles. The summed E-state index contributed by atoms with van der Waals surface area (Å²) in [5.41, 5.74) is 1.74. The average molecular weight is 347 g/mol. The first kappa shape index (κ1) is 13.5. The molecule has 1 aromatic heterocycles. The van der Waals surface area contributed by atoms with Crippen LogP contribution in [0.25, 0.3) is 10.6 Å². The number of benzene rings is 1. The minimum absolute atomic E-state index is 0.101. The van der Waals surface area contributed by atoms with Gasteiger partial charge in [0.25, 0.3) is 0 Å². The fourth-order valence-corrected chi connectivity index (χ4v) is 2.70. The number of aliphatic carboxylic acids is 1. The second-order valence-electron chi connectivity index (χ2n) is 3.67. The summed E-state index contributed by atoms with van der Waals surface area (Å²) in [4.78, 5) is 14.9. The number of hydrogen-bond acceptors (Lipinski definition) is 3. The van der Waals surface area contributed by atoms with Crippen LogP contribution in [-0.2, 0) is 11.2 Å². The van der Waals surface area contributed by atoms with Gasteiger partial charge in [0.2, 0.25) is 0 Å². The summed E-state index contributed by atoms with van der Waals surface area (Å²) in [6.45, 7) is 0. The van der Waals surface area contributed by atoms with Crippen molar-refractivity contribution in [3.05, 3.63) is 38.8 Å². The third-order valence-electron chi connectivity index (χ3n) is 2.31. The molecule has 0 aliphatic rings. The summed E-state index contributed by atoms with van der Waals surface area (Å²) in [6, 6.07) is 5.64. The molecule has 0 radical (unpaired) electrons. The average Bonchev–Trinajstić information content (AvgIpc) is 2.79. The number of carboxylic acids is 1. The van der Waals surface area contributed by atoms with Crippen LogP contribution in [0, 0.1) is 0 Å². The predicted molar refractivity (Wildman–Crippen MR) is 76.2 cm³/mol. The largest absolute Gasteiger partial charge is 0.481 e. The smallest absolute Gasteiger partial charge is 0.303 e. The third kappa shape index (κ3) is 3.31. The molecule has 6 heteroatoms. The van der Waals surface area contributed by atoms with Crippen LogP contribution in [0.5, 0.6) is 0 Å². The van der Waals surface area contributed by atoms with Crippen LogP contribution in [0.3, 0.4) is 0 Å². The molecule has 18 heavy (non-hydrogen) atoms. The molecule has 0 atom stereocenters. The second-order valence-corrected chi connectivity index (χ2v) is 5.79. The van der Waals surface area contributed by atoms with Crippen LogP contribution in [0.15, 0.2) is 28.1 Å². The Morgan fingerprint density at radius 1 is 1.50 bits per heavy atom. The van der Waals surface area contributed by atoms with Crippen LogP contribution in [0.1, 0.15) is 12.1 Å². The van der Waals surface area contributed by atoms with Gasteiger partial charge in [0.1, 0.15) is 5.01 Å². The van der Waals surface area contributed by atoms with E-state index in [0.717, 1.165) is 20.7 Å². The first-order valence-electron chi connectivity index (χ1n) is 5.18. The van der Waals surface area contributed by atoms with Crippen molar-refractivity contribution in [1.82, 2.24) is 4.98 Å². The Balaban J connectivity index is 2.18. The molecule has 0 saturated heterocycles. The summed E-state index contributed by atoms with van der Waals surface area (Å²) < 4.78 is 0.843. The van der Waals surface area contributed by atoms with Gasteiger partial charge in [-0.1, -0.05) is 17.7 Å². The van der Waals surface area contributed by atoms with E-state index >= 15 is 0 Å². The minimum atomic E-state index is -0.809. The number of carbonyl (C=O) groups is 1. The van der Waals surface area contributed by atoms with Gasteiger partial charge < -0.3 is 5.11 Å². The van der Waals surface area contributed by atoms with E-state index in [1.54, 1.807) is 0 Å². The van der Waals surface area contributed by atoms with Crippen molar-refractivity contribution in [3.63, 3.8) is 0 Å². The van der Waals surface area contributed by atoms with Crippen molar-refractivity contribution < 1.29 is 9.90 Å². The molecule has 94 valence electrons. The van der Waals surface area contributed by atoms with Gasteiger partial charge in [-0.3, -0.25) is 4.79 Å². The zero-order valence-electron chi connectivity index (χ0n) is 9.19. The number of hydrogen-bond donors (Lipinski definition) is 1. The molecule has 1 heterocycles. The summed E-state index contributed by atoms with van der Waals surface area (Å²) >= 11 is 10.9. The predicted octanol–water partition coefficient (Wildman–Crippen LogP) is 4.24. The van der Waals surface area contributed by atoms with Crippen molar-refractivity contribution in [1.29, 1.82) is 0 Å². The fraction of sp³-hybridized carbons (Fsp3) is 0.167. The molecular weight excluding hydrogens is 338 g/mol. The molecule has 1 N–H and O–H groups in total.